The van der Waals surface area contributed by atoms with Crippen molar-refractivity contribution < 1.29 is 4.79 Å². The van der Waals surface area contributed by atoms with Crippen molar-refractivity contribution in [3.05, 3.63) is 39.8 Å². The summed E-state index contributed by atoms with van der Waals surface area (Å²) in [5.41, 5.74) is 1.75. The summed E-state index contributed by atoms with van der Waals surface area (Å²) in [6, 6.07) is 5.93. The predicted molar refractivity (Wildman–Crippen MR) is 108 cm³/mol. The number of benzene rings is 1. The van der Waals surface area contributed by atoms with Gasteiger partial charge in [-0.2, -0.15) is 5.10 Å². The fourth-order valence-electron chi connectivity index (χ4n) is 3.83. The van der Waals surface area contributed by atoms with Crippen LogP contribution in [0.3, 0.4) is 0 Å². The number of likely N-dealkylation sites (tertiary alicyclic amines) is 1. The molecule has 0 saturated carbocycles. The summed E-state index contributed by atoms with van der Waals surface area (Å²) in [7, 11) is 0. The number of nitrogens with zero attached hydrogens (tertiary/aromatic N) is 3. The van der Waals surface area contributed by atoms with E-state index in [1.165, 1.54) is 4.68 Å². The Labute approximate surface area is 160 Å². The number of piperidine rings is 1. The van der Waals surface area contributed by atoms with Crippen molar-refractivity contribution in [1.29, 1.82) is 0 Å². The van der Waals surface area contributed by atoms with Gasteiger partial charge in [0.15, 0.2) is 0 Å². The van der Waals surface area contributed by atoms with Gasteiger partial charge in [-0.3, -0.25) is 9.59 Å². The smallest absolute Gasteiger partial charge is 0.275 e. The van der Waals surface area contributed by atoms with Crippen LogP contribution in [0.15, 0.2) is 23.0 Å². The normalized spacial score (nSPS) is 18.2. The Morgan fingerprint density at radius 3 is 2.81 bits per heavy atom. The number of likely N-dealkylation sites (N-methyl/N-ethyl adjacent to an activating group) is 1. The fraction of sp³-hybridized carbons (Fsp3) is 0.571. The zero-order valence-corrected chi connectivity index (χ0v) is 16.8. The number of carbonyl (C=O) groups excluding carboxylic acids is 1. The SMILES string of the molecule is CCN1CCCC(NC(=O)Cn2nc(C(C)C)c3cc(C)ccc3c2=O)C1. The second-order valence-corrected chi connectivity index (χ2v) is 7.85. The van der Waals surface area contributed by atoms with E-state index in [9.17, 15) is 9.59 Å². The van der Waals surface area contributed by atoms with Gasteiger partial charge in [-0.15, -0.1) is 0 Å². The molecule has 1 atom stereocenters. The third-order valence-electron chi connectivity index (χ3n) is 5.30. The van der Waals surface area contributed by atoms with Crippen LogP contribution in [0.1, 0.15) is 50.8 Å². The molecule has 0 aliphatic carbocycles. The molecule has 1 saturated heterocycles. The molecular formula is C21H30N4O2. The van der Waals surface area contributed by atoms with E-state index in [2.05, 4.69) is 36.1 Å². The first-order chi connectivity index (χ1) is 12.9. The molecule has 2 aromatic rings. The Hall–Kier alpha value is -2.21. The first-order valence-electron chi connectivity index (χ1n) is 9.92. The average Bonchev–Trinajstić information content (AvgIpc) is 2.63. The number of rotatable bonds is 5. The molecule has 1 amide bonds. The lowest BCUT2D eigenvalue weighted by Crippen LogP contribution is -2.48. The molecule has 1 aliphatic rings. The number of carbonyl (C=O) groups is 1. The van der Waals surface area contributed by atoms with Gasteiger partial charge in [0.05, 0.1) is 11.1 Å². The third kappa shape index (κ3) is 4.38. The van der Waals surface area contributed by atoms with Crippen LogP contribution in [-0.4, -0.2) is 46.3 Å². The Balaban J connectivity index is 1.84. The molecule has 2 heterocycles. The van der Waals surface area contributed by atoms with E-state index in [-0.39, 0.29) is 30.0 Å². The number of hydrogen-bond donors (Lipinski definition) is 1. The highest BCUT2D eigenvalue weighted by molar-refractivity contribution is 5.85. The first kappa shape index (κ1) is 19.5. The summed E-state index contributed by atoms with van der Waals surface area (Å²) in [5.74, 6) is 0.0226. The Morgan fingerprint density at radius 1 is 1.33 bits per heavy atom. The van der Waals surface area contributed by atoms with Crippen molar-refractivity contribution in [2.45, 2.75) is 59.0 Å². The van der Waals surface area contributed by atoms with Crippen LogP contribution in [0.25, 0.3) is 10.8 Å². The molecule has 1 fully saturated rings. The molecule has 1 aliphatic heterocycles. The van der Waals surface area contributed by atoms with E-state index < -0.39 is 0 Å². The van der Waals surface area contributed by atoms with Gasteiger partial charge in [-0.1, -0.05) is 32.4 Å². The van der Waals surface area contributed by atoms with Gasteiger partial charge >= 0.3 is 0 Å². The quantitative estimate of drug-likeness (QED) is 0.878. The van der Waals surface area contributed by atoms with E-state index in [1.807, 2.05) is 25.1 Å². The lowest BCUT2D eigenvalue weighted by molar-refractivity contribution is -0.123. The number of aromatic nitrogens is 2. The topological polar surface area (TPSA) is 67.2 Å². The third-order valence-corrected chi connectivity index (χ3v) is 5.30. The standard InChI is InChI=1S/C21H30N4O2/c1-5-24-10-6-7-16(12-24)22-19(26)13-25-21(27)17-9-8-15(4)11-18(17)20(23-25)14(2)3/h8-9,11,14,16H,5-7,10,12-13H2,1-4H3,(H,22,26). The maximum absolute atomic E-state index is 12.9. The molecule has 146 valence electrons. The van der Waals surface area contributed by atoms with Crippen molar-refractivity contribution >= 4 is 16.7 Å². The van der Waals surface area contributed by atoms with Crippen molar-refractivity contribution in [3.63, 3.8) is 0 Å². The summed E-state index contributed by atoms with van der Waals surface area (Å²) in [6.45, 7) is 11.2. The van der Waals surface area contributed by atoms with Crippen LogP contribution in [-0.2, 0) is 11.3 Å². The number of nitrogens with one attached hydrogen (secondary N) is 1. The number of aryl methyl sites for hydroxylation is 1. The summed E-state index contributed by atoms with van der Waals surface area (Å²) in [5, 5.41) is 9.14. The molecule has 6 heteroatoms. The second kappa shape index (κ2) is 8.21. The predicted octanol–water partition coefficient (Wildman–Crippen LogP) is 2.43. The maximum atomic E-state index is 12.9. The Morgan fingerprint density at radius 2 is 2.11 bits per heavy atom. The maximum Gasteiger partial charge on any atom is 0.275 e. The van der Waals surface area contributed by atoms with Crippen LogP contribution in [0.2, 0.25) is 0 Å². The molecule has 1 N–H and O–H groups in total. The lowest BCUT2D eigenvalue weighted by Gasteiger charge is -2.32. The van der Waals surface area contributed by atoms with Gasteiger partial charge in [0.25, 0.3) is 5.56 Å². The minimum Gasteiger partial charge on any atom is -0.350 e. The monoisotopic (exact) mass is 370 g/mol. The van der Waals surface area contributed by atoms with Gasteiger partial charge in [0, 0.05) is 18.0 Å². The fourth-order valence-corrected chi connectivity index (χ4v) is 3.83. The molecule has 0 radical (unpaired) electrons. The van der Waals surface area contributed by atoms with E-state index in [4.69, 9.17) is 0 Å². The molecule has 3 rings (SSSR count). The minimum atomic E-state index is -0.205. The molecule has 6 nitrogen and oxygen atoms in total. The summed E-state index contributed by atoms with van der Waals surface area (Å²) >= 11 is 0. The van der Waals surface area contributed by atoms with Crippen molar-refractivity contribution in [3.8, 4) is 0 Å². The molecule has 0 spiro atoms. The van der Waals surface area contributed by atoms with Crippen LogP contribution < -0.4 is 10.9 Å². The molecular weight excluding hydrogens is 340 g/mol. The zero-order chi connectivity index (χ0) is 19.6. The van der Waals surface area contributed by atoms with Crippen LogP contribution in [0.5, 0.6) is 0 Å². The molecule has 1 aromatic carbocycles. The molecule has 27 heavy (non-hydrogen) atoms. The van der Waals surface area contributed by atoms with Crippen LogP contribution in [0.4, 0.5) is 0 Å². The Bertz CT molecular complexity index is 888. The van der Waals surface area contributed by atoms with Gasteiger partial charge in [0.1, 0.15) is 6.54 Å². The number of amides is 1. The Kier molecular flexibility index (Phi) is 5.95. The van der Waals surface area contributed by atoms with Crippen LogP contribution >= 0.6 is 0 Å². The van der Waals surface area contributed by atoms with E-state index in [0.717, 1.165) is 49.1 Å². The van der Waals surface area contributed by atoms with E-state index in [1.54, 1.807) is 0 Å². The molecule has 1 unspecified atom stereocenters. The van der Waals surface area contributed by atoms with Crippen molar-refractivity contribution in [2.24, 2.45) is 0 Å². The first-order valence-corrected chi connectivity index (χ1v) is 9.92. The summed E-state index contributed by atoms with van der Waals surface area (Å²) < 4.78 is 1.32. The highest BCUT2D eigenvalue weighted by atomic mass is 16.2. The number of hydrogen-bond acceptors (Lipinski definition) is 4. The van der Waals surface area contributed by atoms with E-state index >= 15 is 0 Å². The highest BCUT2D eigenvalue weighted by Crippen LogP contribution is 2.22. The largest absolute Gasteiger partial charge is 0.350 e. The van der Waals surface area contributed by atoms with E-state index in [0.29, 0.717) is 5.39 Å². The van der Waals surface area contributed by atoms with Crippen molar-refractivity contribution in [1.82, 2.24) is 20.0 Å². The summed E-state index contributed by atoms with van der Waals surface area (Å²) in [4.78, 5) is 27.8. The summed E-state index contributed by atoms with van der Waals surface area (Å²) in [6.07, 6.45) is 2.07. The molecule has 0 bridgehead atoms. The average molecular weight is 370 g/mol. The van der Waals surface area contributed by atoms with Gasteiger partial charge in [0.2, 0.25) is 5.91 Å². The lowest BCUT2D eigenvalue weighted by atomic mass is 10.0. The van der Waals surface area contributed by atoms with Gasteiger partial charge in [-0.05, 0) is 50.9 Å². The van der Waals surface area contributed by atoms with Gasteiger partial charge in [-0.25, -0.2) is 4.68 Å². The zero-order valence-electron chi connectivity index (χ0n) is 16.8. The van der Waals surface area contributed by atoms with Crippen molar-refractivity contribution in [2.75, 3.05) is 19.6 Å². The second-order valence-electron chi connectivity index (χ2n) is 7.85. The minimum absolute atomic E-state index is 0.0367. The molecule has 1 aromatic heterocycles. The highest BCUT2D eigenvalue weighted by Gasteiger charge is 2.21. The van der Waals surface area contributed by atoms with Gasteiger partial charge < -0.3 is 10.2 Å². The van der Waals surface area contributed by atoms with Crippen LogP contribution in [0, 0.1) is 6.92 Å². The number of fused-ring (bicyclic) bond motifs is 1.